The van der Waals surface area contributed by atoms with E-state index in [2.05, 4.69) is 10.9 Å². The molecule has 0 unspecified atom stereocenters. The van der Waals surface area contributed by atoms with Gasteiger partial charge >= 0.3 is 0 Å². The van der Waals surface area contributed by atoms with Crippen molar-refractivity contribution in [3.8, 4) is 0 Å². The molecular weight excluding hydrogens is 280 g/mol. The second kappa shape index (κ2) is 6.51. The van der Waals surface area contributed by atoms with E-state index in [9.17, 15) is 19.5 Å². The van der Waals surface area contributed by atoms with E-state index in [-0.39, 0.29) is 0 Å². The predicted octanol–water partition coefficient (Wildman–Crippen LogP) is 0.0654. The number of carboxylic acids is 1. The van der Waals surface area contributed by atoms with Crippen LogP contribution < -0.4 is 16.0 Å². The van der Waals surface area contributed by atoms with Crippen molar-refractivity contribution in [1.29, 1.82) is 0 Å². The Labute approximate surface area is 120 Å². The summed E-state index contributed by atoms with van der Waals surface area (Å²) in [5.41, 5.74) is 4.60. The lowest BCUT2D eigenvalue weighted by atomic mass is 9.79. The van der Waals surface area contributed by atoms with E-state index in [4.69, 9.17) is 0 Å². The van der Waals surface area contributed by atoms with Crippen LogP contribution >= 0.6 is 11.3 Å². The fourth-order valence-electron chi connectivity index (χ4n) is 2.41. The molecule has 1 saturated carbocycles. The Morgan fingerprint density at radius 2 is 1.85 bits per heavy atom. The summed E-state index contributed by atoms with van der Waals surface area (Å²) in [5.74, 6) is -3.49. The molecule has 2 rings (SSSR count). The van der Waals surface area contributed by atoms with Crippen LogP contribution in [0.3, 0.4) is 0 Å². The molecule has 1 heterocycles. The Morgan fingerprint density at radius 3 is 2.45 bits per heavy atom. The van der Waals surface area contributed by atoms with Gasteiger partial charge in [0.15, 0.2) is 0 Å². The Morgan fingerprint density at radius 1 is 1.15 bits per heavy atom. The van der Waals surface area contributed by atoms with Gasteiger partial charge in [-0.25, -0.2) is 0 Å². The van der Waals surface area contributed by atoms with Gasteiger partial charge in [0.05, 0.1) is 4.88 Å². The largest absolute Gasteiger partial charge is 0.550 e. The molecule has 1 aromatic rings. The van der Waals surface area contributed by atoms with E-state index in [1.807, 2.05) is 0 Å². The van der Waals surface area contributed by atoms with Crippen molar-refractivity contribution in [2.45, 2.75) is 25.7 Å². The number of carbonyl (C=O) groups excluding carboxylic acids is 3. The molecule has 2 atom stereocenters. The highest BCUT2D eigenvalue weighted by Gasteiger charge is 2.31. The number of hydrazine groups is 1. The molecule has 1 fully saturated rings. The van der Waals surface area contributed by atoms with Gasteiger partial charge in [-0.15, -0.1) is 11.3 Å². The molecule has 1 aliphatic rings. The fraction of sp³-hybridized carbons (Fsp3) is 0.462. The van der Waals surface area contributed by atoms with Crippen LogP contribution in [0.25, 0.3) is 0 Å². The van der Waals surface area contributed by atoms with Crippen molar-refractivity contribution in [2.24, 2.45) is 11.8 Å². The highest BCUT2D eigenvalue weighted by Crippen LogP contribution is 2.29. The standard InChI is InChI=1S/C13H16N2O4S/c16-11(8-4-1-2-5-9(8)13(18)19)14-15-12(17)10-6-3-7-20-10/h3,6-9H,1-2,4-5H2,(H,14,16)(H,15,17)(H,18,19)/p-1/t8-,9+/m0/s1. The quantitative estimate of drug-likeness (QED) is 0.771. The fourth-order valence-corrected chi connectivity index (χ4v) is 3.03. The molecule has 7 heteroatoms. The Balaban J connectivity index is 1.90. The molecular formula is C13H15N2O4S-. The molecule has 0 saturated heterocycles. The number of hydrogen-bond donors (Lipinski definition) is 2. The van der Waals surface area contributed by atoms with Crippen molar-refractivity contribution in [3.05, 3.63) is 22.4 Å². The summed E-state index contributed by atoms with van der Waals surface area (Å²) in [6.07, 6.45) is 2.53. The number of hydrogen-bond acceptors (Lipinski definition) is 5. The second-order valence-corrected chi connectivity index (χ2v) is 5.68. The second-order valence-electron chi connectivity index (χ2n) is 4.74. The lowest BCUT2D eigenvalue weighted by Gasteiger charge is -2.31. The van der Waals surface area contributed by atoms with E-state index in [1.54, 1.807) is 17.5 Å². The molecule has 0 aromatic carbocycles. The molecule has 0 radical (unpaired) electrons. The van der Waals surface area contributed by atoms with Crippen LogP contribution in [0.5, 0.6) is 0 Å². The van der Waals surface area contributed by atoms with E-state index in [0.717, 1.165) is 12.8 Å². The number of carboxylic acid groups (broad SMARTS) is 1. The van der Waals surface area contributed by atoms with Crippen molar-refractivity contribution >= 4 is 29.1 Å². The highest BCUT2D eigenvalue weighted by molar-refractivity contribution is 7.12. The van der Waals surface area contributed by atoms with Gasteiger partial charge in [0, 0.05) is 17.8 Å². The van der Waals surface area contributed by atoms with E-state index < -0.39 is 29.6 Å². The first-order chi connectivity index (χ1) is 9.59. The van der Waals surface area contributed by atoms with Gasteiger partial charge in [-0.3, -0.25) is 20.4 Å². The van der Waals surface area contributed by atoms with Crippen LogP contribution in [0.15, 0.2) is 17.5 Å². The predicted molar refractivity (Wildman–Crippen MR) is 70.4 cm³/mol. The molecule has 1 aliphatic carbocycles. The number of aliphatic carboxylic acids is 1. The number of thiophene rings is 1. The molecule has 20 heavy (non-hydrogen) atoms. The average molecular weight is 295 g/mol. The van der Waals surface area contributed by atoms with Gasteiger partial charge in [-0.1, -0.05) is 18.9 Å². The topological polar surface area (TPSA) is 98.3 Å². The number of nitrogens with one attached hydrogen (secondary N) is 2. The zero-order valence-corrected chi connectivity index (χ0v) is 11.6. The van der Waals surface area contributed by atoms with Crippen molar-refractivity contribution in [2.75, 3.05) is 0 Å². The van der Waals surface area contributed by atoms with Crippen LogP contribution in [0, 0.1) is 11.8 Å². The maximum Gasteiger partial charge on any atom is 0.279 e. The van der Waals surface area contributed by atoms with Gasteiger partial charge in [0.2, 0.25) is 5.91 Å². The lowest BCUT2D eigenvalue weighted by molar-refractivity contribution is -0.314. The zero-order valence-electron chi connectivity index (χ0n) is 10.8. The Hall–Kier alpha value is -1.89. The molecule has 108 valence electrons. The summed E-state index contributed by atoms with van der Waals surface area (Å²) < 4.78 is 0. The van der Waals surface area contributed by atoms with Gasteiger partial charge in [-0.2, -0.15) is 0 Å². The average Bonchev–Trinajstić information content (AvgIpc) is 2.98. The normalized spacial score (nSPS) is 22.0. The van der Waals surface area contributed by atoms with Gasteiger partial charge in [-0.05, 0) is 24.3 Å². The first-order valence-corrected chi connectivity index (χ1v) is 7.32. The summed E-state index contributed by atoms with van der Waals surface area (Å²) in [6, 6.07) is 3.37. The Kier molecular flexibility index (Phi) is 4.73. The molecule has 2 N–H and O–H groups in total. The number of amides is 2. The third-order valence-electron chi connectivity index (χ3n) is 3.45. The third kappa shape index (κ3) is 3.36. The van der Waals surface area contributed by atoms with Crippen LogP contribution in [0.1, 0.15) is 35.4 Å². The Bertz CT molecular complexity index is 500. The van der Waals surface area contributed by atoms with E-state index >= 15 is 0 Å². The van der Waals surface area contributed by atoms with Gasteiger partial charge in [0.25, 0.3) is 5.91 Å². The van der Waals surface area contributed by atoms with Crippen LogP contribution in [-0.4, -0.2) is 17.8 Å². The molecule has 0 aliphatic heterocycles. The molecule has 0 spiro atoms. The maximum atomic E-state index is 12.0. The summed E-state index contributed by atoms with van der Waals surface area (Å²) in [6.45, 7) is 0. The van der Waals surface area contributed by atoms with Crippen molar-refractivity contribution in [1.82, 2.24) is 10.9 Å². The van der Waals surface area contributed by atoms with E-state index in [0.29, 0.717) is 17.7 Å². The molecule has 2 amide bonds. The highest BCUT2D eigenvalue weighted by atomic mass is 32.1. The molecule has 6 nitrogen and oxygen atoms in total. The number of carbonyl (C=O) groups is 3. The minimum absolute atomic E-state index is 0.408. The van der Waals surface area contributed by atoms with Gasteiger partial charge < -0.3 is 9.90 Å². The first kappa shape index (κ1) is 14.5. The smallest absolute Gasteiger partial charge is 0.279 e. The lowest BCUT2D eigenvalue weighted by Crippen LogP contribution is -2.49. The van der Waals surface area contributed by atoms with Crippen LogP contribution in [0.4, 0.5) is 0 Å². The van der Waals surface area contributed by atoms with Crippen LogP contribution in [-0.2, 0) is 9.59 Å². The minimum atomic E-state index is -1.20. The monoisotopic (exact) mass is 295 g/mol. The summed E-state index contributed by atoms with van der Waals surface area (Å²) in [7, 11) is 0. The minimum Gasteiger partial charge on any atom is -0.550 e. The third-order valence-corrected chi connectivity index (χ3v) is 4.32. The van der Waals surface area contributed by atoms with Crippen LogP contribution in [0.2, 0.25) is 0 Å². The summed E-state index contributed by atoms with van der Waals surface area (Å²) >= 11 is 1.26. The van der Waals surface area contributed by atoms with E-state index in [1.165, 1.54) is 11.3 Å². The SMILES string of the molecule is O=C(NNC(=O)[C@H]1CCCC[C@H]1C(=O)[O-])c1cccs1. The zero-order chi connectivity index (χ0) is 14.5. The van der Waals surface area contributed by atoms with Crippen molar-refractivity contribution < 1.29 is 19.5 Å². The molecule has 1 aromatic heterocycles. The summed E-state index contributed by atoms with van der Waals surface area (Å²) in [4.78, 5) is 35.1. The van der Waals surface area contributed by atoms with Crippen molar-refractivity contribution in [3.63, 3.8) is 0 Å². The summed E-state index contributed by atoms with van der Waals surface area (Å²) in [5, 5.41) is 12.8. The maximum absolute atomic E-state index is 12.0. The number of rotatable bonds is 3. The first-order valence-electron chi connectivity index (χ1n) is 6.44. The van der Waals surface area contributed by atoms with Gasteiger partial charge in [0.1, 0.15) is 0 Å². The molecule has 0 bridgehead atoms.